The lowest BCUT2D eigenvalue weighted by Crippen LogP contribution is -2.33. The maximum Gasteiger partial charge on any atom is 0.258 e. The Labute approximate surface area is 171 Å². The minimum atomic E-state index is -3.73. The maximum atomic E-state index is 13.2. The highest BCUT2D eigenvalue weighted by atomic mass is 35.5. The molecular formula is C21H23ClN2O3S. The topological polar surface area (TPSA) is 57.7 Å². The Morgan fingerprint density at radius 1 is 0.929 bits per heavy atom. The molecule has 0 unspecified atom stereocenters. The fourth-order valence-electron chi connectivity index (χ4n) is 3.96. The fourth-order valence-corrected chi connectivity index (χ4v) is 5.98. The zero-order valence-corrected chi connectivity index (χ0v) is 17.2. The first-order valence-corrected chi connectivity index (χ1v) is 11.5. The Balaban J connectivity index is 1.67. The van der Waals surface area contributed by atoms with Gasteiger partial charge < -0.3 is 4.90 Å². The Bertz CT molecular complexity index is 998. The first kappa shape index (κ1) is 19.4. The van der Waals surface area contributed by atoms with Gasteiger partial charge in [0.15, 0.2) is 0 Å². The van der Waals surface area contributed by atoms with Gasteiger partial charge in [-0.15, -0.1) is 0 Å². The number of benzene rings is 2. The van der Waals surface area contributed by atoms with E-state index >= 15 is 0 Å². The summed E-state index contributed by atoms with van der Waals surface area (Å²) in [4.78, 5) is 14.8. The molecule has 0 aromatic heterocycles. The second-order valence-corrected chi connectivity index (χ2v) is 9.61. The quantitative estimate of drug-likeness (QED) is 0.753. The van der Waals surface area contributed by atoms with Gasteiger partial charge in [-0.25, -0.2) is 8.42 Å². The molecule has 0 bridgehead atoms. The molecule has 0 spiro atoms. The number of para-hydroxylation sites is 1. The molecule has 2 aromatic carbocycles. The molecule has 2 aromatic rings. The first-order chi connectivity index (χ1) is 13.5. The molecule has 0 saturated carbocycles. The first-order valence-electron chi connectivity index (χ1n) is 9.68. The highest BCUT2D eigenvalue weighted by Gasteiger charge is 2.30. The van der Waals surface area contributed by atoms with Crippen LogP contribution in [0.2, 0.25) is 5.02 Å². The molecule has 0 N–H and O–H groups in total. The van der Waals surface area contributed by atoms with Gasteiger partial charge in [0.2, 0.25) is 10.0 Å². The summed E-state index contributed by atoms with van der Waals surface area (Å²) in [6.45, 7) is 1.59. The molecule has 5 nitrogen and oxygen atoms in total. The van der Waals surface area contributed by atoms with Crippen LogP contribution in [0.3, 0.4) is 0 Å². The molecule has 7 heteroatoms. The summed E-state index contributed by atoms with van der Waals surface area (Å²) in [5.41, 5.74) is 2.36. The second-order valence-electron chi connectivity index (χ2n) is 7.30. The zero-order valence-electron chi connectivity index (χ0n) is 15.6. The van der Waals surface area contributed by atoms with Crippen molar-refractivity contribution in [3.05, 3.63) is 58.6 Å². The van der Waals surface area contributed by atoms with E-state index in [2.05, 4.69) is 0 Å². The summed E-state index contributed by atoms with van der Waals surface area (Å²) in [6.07, 6.45) is 4.56. The third-order valence-electron chi connectivity index (χ3n) is 5.49. The van der Waals surface area contributed by atoms with Crippen LogP contribution in [-0.4, -0.2) is 38.3 Å². The van der Waals surface area contributed by atoms with Crippen molar-refractivity contribution in [3.8, 4) is 0 Å². The van der Waals surface area contributed by atoms with E-state index in [1.54, 1.807) is 11.0 Å². The standard InChI is InChI=1S/C21H23ClN2O3S/c22-18-10-9-17(21(25)24-14-11-16-7-3-4-8-19(16)24)15-20(18)28(26,27)23-12-5-1-2-6-13-23/h3-4,7-10,15H,1-2,5-6,11-14H2. The number of nitrogens with zero attached hydrogens (tertiary/aromatic N) is 2. The molecule has 1 saturated heterocycles. The minimum absolute atomic E-state index is 0.0226. The lowest BCUT2D eigenvalue weighted by molar-refractivity contribution is 0.0989. The lowest BCUT2D eigenvalue weighted by Gasteiger charge is -2.22. The Morgan fingerprint density at radius 3 is 2.39 bits per heavy atom. The van der Waals surface area contributed by atoms with Crippen LogP contribution in [0, 0.1) is 0 Å². The number of rotatable bonds is 3. The van der Waals surface area contributed by atoms with Crippen molar-refractivity contribution in [1.29, 1.82) is 0 Å². The van der Waals surface area contributed by atoms with Gasteiger partial charge in [-0.1, -0.05) is 42.6 Å². The van der Waals surface area contributed by atoms with Crippen LogP contribution in [-0.2, 0) is 16.4 Å². The predicted octanol–water partition coefficient (Wildman–Crippen LogP) is 4.11. The fraction of sp³-hybridized carbons (Fsp3) is 0.381. The Kier molecular flexibility index (Phi) is 5.45. The van der Waals surface area contributed by atoms with Crippen LogP contribution in [0.4, 0.5) is 5.69 Å². The van der Waals surface area contributed by atoms with E-state index in [1.807, 2.05) is 24.3 Å². The summed E-state index contributed by atoms with van der Waals surface area (Å²) in [7, 11) is -3.73. The predicted molar refractivity (Wildman–Crippen MR) is 111 cm³/mol. The van der Waals surface area contributed by atoms with E-state index in [9.17, 15) is 13.2 Å². The van der Waals surface area contributed by atoms with Crippen LogP contribution in [0.15, 0.2) is 47.4 Å². The number of hydrogen-bond acceptors (Lipinski definition) is 3. The van der Waals surface area contributed by atoms with E-state index < -0.39 is 10.0 Å². The molecule has 1 fully saturated rings. The molecule has 28 heavy (non-hydrogen) atoms. The monoisotopic (exact) mass is 418 g/mol. The smallest absolute Gasteiger partial charge is 0.258 e. The molecular weight excluding hydrogens is 396 g/mol. The SMILES string of the molecule is O=C(c1ccc(Cl)c(S(=O)(=O)N2CCCCCC2)c1)N1CCc2ccccc21. The molecule has 0 radical (unpaired) electrons. The Morgan fingerprint density at radius 2 is 1.64 bits per heavy atom. The number of sulfonamides is 1. The number of carbonyl (C=O) groups is 1. The van der Waals surface area contributed by atoms with E-state index in [0.717, 1.165) is 43.4 Å². The molecule has 4 rings (SSSR count). The normalized spacial score (nSPS) is 18.0. The van der Waals surface area contributed by atoms with Gasteiger partial charge in [0.1, 0.15) is 4.90 Å². The van der Waals surface area contributed by atoms with E-state index in [0.29, 0.717) is 25.2 Å². The summed E-state index contributed by atoms with van der Waals surface area (Å²) in [5, 5.41) is 0.155. The van der Waals surface area contributed by atoms with Crippen molar-refractivity contribution >= 4 is 33.2 Å². The molecule has 0 atom stereocenters. The van der Waals surface area contributed by atoms with Gasteiger partial charge in [-0.3, -0.25) is 4.79 Å². The lowest BCUT2D eigenvalue weighted by atomic mass is 10.1. The van der Waals surface area contributed by atoms with E-state index in [-0.39, 0.29) is 15.8 Å². The van der Waals surface area contributed by atoms with Crippen LogP contribution >= 0.6 is 11.6 Å². The van der Waals surface area contributed by atoms with Crippen molar-refractivity contribution < 1.29 is 13.2 Å². The average Bonchev–Trinajstić information content (AvgIpc) is 2.92. The Hall–Kier alpha value is -1.89. The highest BCUT2D eigenvalue weighted by molar-refractivity contribution is 7.89. The van der Waals surface area contributed by atoms with Gasteiger partial charge in [-0.2, -0.15) is 4.31 Å². The molecule has 0 aliphatic carbocycles. The van der Waals surface area contributed by atoms with Crippen LogP contribution in [0.25, 0.3) is 0 Å². The van der Waals surface area contributed by atoms with Crippen molar-refractivity contribution in [2.75, 3.05) is 24.5 Å². The minimum Gasteiger partial charge on any atom is -0.308 e. The van der Waals surface area contributed by atoms with E-state index in [1.165, 1.54) is 16.4 Å². The molecule has 2 aliphatic heterocycles. The van der Waals surface area contributed by atoms with Crippen LogP contribution < -0.4 is 4.90 Å². The average molecular weight is 419 g/mol. The highest BCUT2D eigenvalue weighted by Crippen LogP contribution is 2.31. The van der Waals surface area contributed by atoms with Gasteiger partial charge >= 0.3 is 0 Å². The summed E-state index contributed by atoms with van der Waals surface area (Å²) in [6, 6.07) is 12.4. The van der Waals surface area contributed by atoms with Crippen molar-refractivity contribution in [2.24, 2.45) is 0 Å². The number of halogens is 1. The third kappa shape index (κ3) is 3.56. The number of fused-ring (bicyclic) bond motifs is 1. The van der Waals surface area contributed by atoms with Crippen molar-refractivity contribution in [1.82, 2.24) is 4.31 Å². The van der Waals surface area contributed by atoms with E-state index in [4.69, 9.17) is 11.6 Å². The molecule has 2 heterocycles. The zero-order chi connectivity index (χ0) is 19.7. The number of amides is 1. The maximum absolute atomic E-state index is 13.2. The van der Waals surface area contributed by atoms with Crippen molar-refractivity contribution in [3.63, 3.8) is 0 Å². The van der Waals surface area contributed by atoms with Gasteiger partial charge in [0.25, 0.3) is 5.91 Å². The molecule has 2 aliphatic rings. The van der Waals surface area contributed by atoms with Crippen molar-refractivity contribution in [2.45, 2.75) is 37.0 Å². The molecule has 1 amide bonds. The number of carbonyl (C=O) groups excluding carboxylic acids is 1. The third-order valence-corrected chi connectivity index (χ3v) is 7.87. The molecule has 148 valence electrons. The number of anilines is 1. The summed E-state index contributed by atoms with van der Waals surface area (Å²) in [5.74, 6) is -0.200. The number of hydrogen-bond donors (Lipinski definition) is 0. The largest absolute Gasteiger partial charge is 0.308 e. The second kappa shape index (κ2) is 7.85. The van der Waals surface area contributed by atoms with Gasteiger partial charge in [0, 0.05) is 30.9 Å². The van der Waals surface area contributed by atoms with Crippen LogP contribution in [0.1, 0.15) is 41.6 Å². The van der Waals surface area contributed by atoms with Crippen LogP contribution in [0.5, 0.6) is 0 Å². The van der Waals surface area contributed by atoms with Gasteiger partial charge in [0.05, 0.1) is 5.02 Å². The summed E-state index contributed by atoms with van der Waals surface area (Å²) >= 11 is 6.26. The van der Waals surface area contributed by atoms with Gasteiger partial charge in [-0.05, 0) is 49.1 Å². The summed E-state index contributed by atoms with van der Waals surface area (Å²) < 4.78 is 27.8.